The molecule has 0 rings (SSSR count). The summed E-state index contributed by atoms with van der Waals surface area (Å²) < 4.78 is 0. The summed E-state index contributed by atoms with van der Waals surface area (Å²) in [5, 5.41) is 16.5. The van der Waals surface area contributed by atoms with Crippen molar-refractivity contribution in [3.63, 3.8) is 0 Å². The van der Waals surface area contributed by atoms with Gasteiger partial charge in [-0.3, -0.25) is 5.26 Å². The minimum atomic E-state index is 0. The van der Waals surface area contributed by atoms with E-state index in [-0.39, 0.29) is 29.6 Å². The zero-order valence-corrected chi connectivity index (χ0v) is 4.26. The molecule has 0 radical (unpaired) electrons. The average Bonchev–Trinajstić information content (AvgIpc) is 0.918. The zero-order valence-electron chi connectivity index (χ0n) is 2.26. The van der Waals surface area contributed by atoms with Crippen molar-refractivity contribution in [2.45, 2.75) is 0 Å². The Kier molecular flexibility index (Phi) is 20.2. The molecule has 0 aliphatic carbocycles. The van der Waals surface area contributed by atoms with Crippen molar-refractivity contribution in [3.8, 4) is 0 Å². The van der Waals surface area contributed by atoms with Crippen LogP contribution in [0.25, 0.3) is 0 Å². The summed E-state index contributed by atoms with van der Waals surface area (Å²) in [6.07, 6.45) is 0. The van der Waals surface area contributed by atoms with E-state index in [9.17, 15) is 0 Å². The van der Waals surface area contributed by atoms with Crippen LogP contribution < -0.4 is 34.8 Å². The molecular weight excluding hydrogens is 71.0 g/mol. The third-order valence-electron chi connectivity index (χ3n) is 0. The van der Waals surface area contributed by atoms with Gasteiger partial charge in [-0.15, -0.1) is 0 Å². The molecule has 0 saturated carbocycles. The fraction of sp³-hybridized carbons (Fsp3) is 0. The van der Waals surface area contributed by atoms with E-state index in [4.69, 9.17) is 10.5 Å². The van der Waals surface area contributed by atoms with Gasteiger partial charge in [0.05, 0.1) is 0 Å². The van der Waals surface area contributed by atoms with Gasteiger partial charge in [0.1, 0.15) is 0 Å². The molecule has 0 unspecified atom stereocenters. The Morgan fingerprint density at radius 1 is 1.75 bits per heavy atom. The van der Waals surface area contributed by atoms with Gasteiger partial charge in [-0.05, 0) is 0 Å². The second kappa shape index (κ2) is 9.11. The SMILES string of the molecule is [Na+].[O-]OO. The summed E-state index contributed by atoms with van der Waals surface area (Å²) in [5.74, 6) is 0. The van der Waals surface area contributed by atoms with E-state index in [1.165, 1.54) is 0 Å². The number of hydrogen-bond donors (Lipinski definition) is 1. The van der Waals surface area contributed by atoms with Crippen LogP contribution in [0.3, 0.4) is 0 Å². The Labute approximate surface area is 45.3 Å². The molecule has 0 atom stereocenters. The van der Waals surface area contributed by atoms with Crippen molar-refractivity contribution in [2.75, 3.05) is 0 Å². The van der Waals surface area contributed by atoms with Gasteiger partial charge >= 0.3 is 29.6 Å². The fourth-order valence-corrected chi connectivity index (χ4v) is 0. The summed E-state index contributed by atoms with van der Waals surface area (Å²) in [6.45, 7) is 0. The monoisotopic (exact) mass is 72.0 g/mol. The number of hydrogen-bond acceptors (Lipinski definition) is 3. The normalized spacial score (nSPS) is 4.50. The van der Waals surface area contributed by atoms with Crippen LogP contribution in [0, 0.1) is 0 Å². The van der Waals surface area contributed by atoms with Crippen LogP contribution in [0.4, 0.5) is 0 Å². The molecule has 4 heteroatoms. The third-order valence-corrected chi connectivity index (χ3v) is 0. The molecule has 0 fully saturated rings. The van der Waals surface area contributed by atoms with Gasteiger partial charge < -0.3 is 10.3 Å². The van der Waals surface area contributed by atoms with Crippen LogP contribution in [0.5, 0.6) is 0 Å². The van der Waals surface area contributed by atoms with Crippen molar-refractivity contribution >= 4 is 0 Å². The van der Waals surface area contributed by atoms with Gasteiger partial charge in [-0.2, -0.15) is 0 Å². The molecule has 0 heterocycles. The Morgan fingerprint density at radius 3 is 1.75 bits per heavy atom. The first-order chi connectivity index (χ1) is 1.41. The Balaban J connectivity index is 0. The molecule has 1 N–H and O–H groups in total. The van der Waals surface area contributed by atoms with Gasteiger partial charge in [0.2, 0.25) is 0 Å². The first-order valence-electron chi connectivity index (χ1n) is 0.349. The molecule has 20 valence electrons. The van der Waals surface area contributed by atoms with Crippen molar-refractivity contribution in [2.24, 2.45) is 0 Å². The second-order valence-corrected chi connectivity index (χ2v) is 0.0745. The molecule has 3 nitrogen and oxygen atoms in total. The van der Waals surface area contributed by atoms with E-state index in [0.717, 1.165) is 0 Å². The fourth-order valence-electron chi connectivity index (χ4n) is 0. The van der Waals surface area contributed by atoms with Crippen LogP contribution in [-0.4, -0.2) is 5.26 Å². The molecule has 4 heavy (non-hydrogen) atoms. The minimum Gasteiger partial charge on any atom is -0.692 e. The maximum atomic E-state index is 7.99. The van der Waals surface area contributed by atoms with Crippen molar-refractivity contribution in [3.05, 3.63) is 0 Å². The van der Waals surface area contributed by atoms with Crippen LogP contribution in [0.2, 0.25) is 0 Å². The Morgan fingerprint density at radius 2 is 1.75 bits per heavy atom. The van der Waals surface area contributed by atoms with Gasteiger partial charge in [0.25, 0.3) is 0 Å². The van der Waals surface area contributed by atoms with E-state index in [2.05, 4.69) is 0 Å². The molecule has 0 spiro atoms. The van der Waals surface area contributed by atoms with E-state index < -0.39 is 0 Å². The summed E-state index contributed by atoms with van der Waals surface area (Å²) in [5.41, 5.74) is 0. The molecule has 0 aromatic heterocycles. The predicted molar refractivity (Wildman–Crippen MR) is 3.71 cm³/mol. The quantitative estimate of drug-likeness (QED) is 0.179. The maximum Gasteiger partial charge on any atom is 1.00 e. The molecule has 0 aromatic carbocycles. The molecular formula is HNaO3. The number of rotatable bonds is 0. The van der Waals surface area contributed by atoms with Crippen molar-refractivity contribution < 1.29 is 45.1 Å². The van der Waals surface area contributed by atoms with Gasteiger partial charge in [0, 0.05) is 0 Å². The van der Waals surface area contributed by atoms with E-state index >= 15 is 0 Å². The molecule has 0 aliphatic heterocycles. The van der Waals surface area contributed by atoms with E-state index in [1.807, 2.05) is 5.04 Å². The zero-order chi connectivity index (χ0) is 2.71. The van der Waals surface area contributed by atoms with Crippen LogP contribution in [0.1, 0.15) is 0 Å². The molecule has 0 saturated heterocycles. The van der Waals surface area contributed by atoms with Crippen LogP contribution >= 0.6 is 0 Å². The average molecular weight is 72.0 g/mol. The Hall–Kier alpha value is 0.880. The van der Waals surface area contributed by atoms with Gasteiger partial charge in [-0.25, -0.2) is 0 Å². The molecule has 0 bridgehead atoms. The van der Waals surface area contributed by atoms with Gasteiger partial charge in [0.15, 0.2) is 0 Å². The minimum absolute atomic E-state index is 0. The first kappa shape index (κ1) is 8.86. The molecule has 0 amide bonds. The van der Waals surface area contributed by atoms with E-state index in [1.54, 1.807) is 0 Å². The summed E-state index contributed by atoms with van der Waals surface area (Å²) in [4.78, 5) is 0. The predicted octanol–water partition coefficient (Wildman–Crippen LogP) is -4.24. The standard InChI is InChI=1S/Na.H2O3/c;1-3-2/h;1-2H/q+1;/p-1. The Bertz CT molecular complexity index is 3.25. The van der Waals surface area contributed by atoms with Crippen LogP contribution in [-0.2, 0) is 5.04 Å². The molecule has 0 aliphatic rings. The molecule has 0 aromatic rings. The smallest absolute Gasteiger partial charge is 0.692 e. The van der Waals surface area contributed by atoms with Crippen LogP contribution in [0.15, 0.2) is 0 Å². The van der Waals surface area contributed by atoms with Crippen molar-refractivity contribution in [1.29, 1.82) is 0 Å². The largest absolute Gasteiger partial charge is 1.00 e. The summed E-state index contributed by atoms with van der Waals surface area (Å²) >= 11 is 0. The van der Waals surface area contributed by atoms with E-state index in [0.29, 0.717) is 0 Å². The first-order valence-corrected chi connectivity index (χ1v) is 0.349. The van der Waals surface area contributed by atoms with Gasteiger partial charge in [-0.1, -0.05) is 0 Å². The topological polar surface area (TPSA) is 52.5 Å². The maximum absolute atomic E-state index is 7.99. The van der Waals surface area contributed by atoms with Crippen molar-refractivity contribution in [1.82, 2.24) is 0 Å². The second-order valence-electron chi connectivity index (χ2n) is 0.0745. The summed E-state index contributed by atoms with van der Waals surface area (Å²) in [7, 11) is 0. The third kappa shape index (κ3) is 13.1. The summed E-state index contributed by atoms with van der Waals surface area (Å²) in [6, 6.07) is 0.